The summed E-state index contributed by atoms with van der Waals surface area (Å²) in [7, 11) is 0. The van der Waals surface area contributed by atoms with Gasteiger partial charge in [0.1, 0.15) is 13.2 Å². The van der Waals surface area contributed by atoms with Crippen LogP contribution < -0.4 is 0 Å². The Morgan fingerprint density at radius 2 is 0.765 bits per heavy atom. The Morgan fingerprint density at radius 3 is 1.03 bits per heavy atom. The van der Waals surface area contributed by atoms with Gasteiger partial charge in [-0.15, -0.1) is 0 Å². The molecule has 0 aromatic rings. The topological polar surface area (TPSA) is 46.5 Å². The van der Waals surface area contributed by atoms with Crippen LogP contribution in [-0.2, 0) is 9.53 Å². The zero-order chi connectivity index (χ0) is 28.2. The molecule has 0 radical (unpaired) electrons. The number of halogens is 19. The maximum atomic E-state index is 13.4. The van der Waals surface area contributed by atoms with Crippen LogP contribution in [0.3, 0.4) is 0 Å². The lowest BCUT2D eigenvalue weighted by molar-refractivity contribution is -0.469. The van der Waals surface area contributed by atoms with Crippen LogP contribution in [0.5, 0.6) is 0 Å². The van der Waals surface area contributed by atoms with Gasteiger partial charge in [0.25, 0.3) is 0 Å². The summed E-state index contributed by atoms with van der Waals surface area (Å²) in [6.45, 7) is -5.39. The summed E-state index contributed by atoms with van der Waals surface area (Å²) in [4.78, 5) is 9.96. The van der Waals surface area contributed by atoms with Crippen molar-refractivity contribution in [3.8, 4) is 0 Å². The Hall–Kier alpha value is -1.90. The zero-order valence-electron chi connectivity index (χ0n) is 14.9. The predicted octanol–water partition coefficient (Wildman–Crippen LogP) is 5.73. The number of hydrogen-bond acceptors (Lipinski definition) is 2. The lowest BCUT2D eigenvalue weighted by Gasteiger charge is -2.43. The van der Waals surface area contributed by atoms with Gasteiger partial charge < -0.3 is 9.84 Å². The van der Waals surface area contributed by atoms with Gasteiger partial charge in [0.05, 0.1) is 0 Å². The molecule has 22 heteroatoms. The highest BCUT2D eigenvalue weighted by molar-refractivity contribution is 5.67. The van der Waals surface area contributed by atoms with Crippen LogP contribution in [0.15, 0.2) is 0 Å². The highest BCUT2D eigenvalue weighted by atomic mass is 19.4. The lowest BCUT2D eigenvalue weighted by atomic mass is 9.87. The number of aliphatic carboxylic acids is 1. The van der Waals surface area contributed by atoms with Crippen molar-refractivity contribution in [1.82, 2.24) is 0 Å². The monoisotopic (exact) mass is 558 g/mol. The number of carboxylic acid groups (broad SMARTS) is 1. The molecule has 0 rings (SSSR count). The van der Waals surface area contributed by atoms with Gasteiger partial charge in [-0.05, 0) is 0 Å². The molecule has 0 heterocycles. The van der Waals surface area contributed by atoms with E-state index in [0.717, 1.165) is 0 Å². The van der Waals surface area contributed by atoms with Crippen LogP contribution in [0.4, 0.5) is 83.4 Å². The van der Waals surface area contributed by atoms with Gasteiger partial charge in [-0.2, -0.15) is 83.4 Å². The lowest BCUT2D eigenvalue weighted by Crippen LogP contribution is -2.76. The number of ether oxygens (including phenoxy) is 1. The summed E-state index contributed by atoms with van der Waals surface area (Å²) in [5.41, 5.74) is 0. The maximum Gasteiger partial charge on any atom is 0.460 e. The molecule has 0 aliphatic carbocycles. The van der Waals surface area contributed by atoms with Gasteiger partial charge >= 0.3 is 59.5 Å². The average molecular weight is 558 g/mol. The number of hydrogen-bond donors (Lipinski definition) is 1. The highest BCUT2D eigenvalue weighted by Gasteiger charge is 2.96. The van der Waals surface area contributed by atoms with Gasteiger partial charge in [-0.3, -0.25) is 0 Å². The molecule has 3 nitrogen and oxygen atoms in total. The van der Waals surface area contributed by atoms with Gasteiger partial charge in [0.15, 0.2) is 0 Å². The highest BCUT2D eigenvalue weighted by Crippen LogP contribution is 2.65. The Balaban J connectivity index is 6.68. The molecule has 0 amide bonds. The fraction of sp³-hybridized carbons (Fsp3) is 0.917. The van der Waals surface area contributed by atoms with Gasteiger partial charge in [-0.1, -0.05) is 0 Å². The van der Waals surface area contributed by atoms with Gasteiger partial charge in [-0.25, -0.2) is 4.79 Å². The number of alkyl halides is 19. The molecule has 0 aromatic heterocycles. The van der Waals surface area contributed by atoms with Crippen molar-refractivity contribution in [2.24, 2.45) is 0 Å². The van der Waals surface area contributed by atoms with E-state index in [2.05, 4.69) is 4.74 Å². The van der Waals surface area contributed by atoms with E-state index >= 15 is 0 Å². The van der Waals surface area contributed by atoms with E-state index in [1.807, 2.05) is 0 Å². The number of rotatable bonds is 11. The van der Waals surface area contributed by atoms with E-state index in [1.165, 1.54) is 0 Å². The maximum absolute atomic E-state index is 13.4. The molecule has 34 heavy (non-hydrogen) atoms. The van der Waals surface area contributed by atoms with Crippen LogP contribution in [0.1, 0.15) is 0 Å². The summed E-state index contributed by atoms with van der Waals surface area (Å²) in [6, 6.07) is 0. The Morgan fingerprint density at radius 1 is 0.500 bits per heavy atom. The van der Waals surface area contributed by atoms with Crippen molar-refractivity contribution in [3.05, 3.63) is 0 Å². The zero-order valence-corrected chi connectivity index (χ0v) is 14.9. The molecule has 0 aliphatic heterocycles. The molecule has 0 unspecified atom stereocenters. The van der Waals surface area contributed by atoms with E-state index in [1.54, 1.807) is 0 Å². The third-order valence-corrected chi connectivity index (χ3v) is 3.69. The molecule has 0 bridgehead atoms. The molecule has 0 fully saturated rings. The molecule has 1 N–H and O–H groups in total. The van der Waals surface area contributed by atoms with E-state index in [0.29, 0.717) is 0 Å². The van der Waals surface area contributed by atoms with Crippen molar-refractivity contribution < 1.29 is 98.1 Å². The first-order valence-electron chi connectivity index (χ1n) is 7.30. The van der Waals surface area contributed by atoms with E-state index < -0.39 is 72.7 Å². The first kappa shape index (κ1) is 32.1. The molecule has 0 aliphatic rings. The fourth-order valence-corrected chi connectivity index (χ4v) is 1.75. The Bertz CT molecular complexity index is 752. The summed E-state index contributed by atoms with van der Waals surface area (Å²) >= 11 is 0. The Labute approximate surface area is 172 Å². The van der Waals surface area contributed by atoms with Crippen molar-refractivity contribution >= 4 is 5.97 Å². The molecule has 204 valence electrons. The van der Waals surface area contributed by atoms with Gasteiger partial charge in [0.2, 0.25) is 0 Å². The van der Waals surface area contributed by atoms with Crippen LogP contribution in [-0.4, -0.2) is 77.8 Å². The van der Waals surface area contributed by atoms with Crippen LogP contribution in [0.2, 0.25) is 0 Å². The fourth-order valence-electron chi connectivity index (χ4n) is 1.75. The largest absolute Gasteiger partial charge is 0.480 e. The average Bonchev–Trinajstić information content (AvgIpc) is 2.58. The minimum Gasteiger partial charge on any atom is -0.480 e. The van der Waals surface area contributed by atoms with Crippen LogP contribution in [0.25, 0.3) is 0 Å². The van der Waals surface area contributed by atoms with Crippen molar-refractivity contribution in [1.29, 1.82) is 0 Å². The predicted molar refractivity (Wildman–Crippen MR) is 64.1 cm³/mol. The van der Waals surface area contributed by atoms with E-state index in [4.69, 9.17) is 5.11 Å². The van der Waals surface area contributed by atoms with Crippen molar-refractivity contribution in [2.75, 3.05) is 13.2 Å². The van der Waals surface area contributed by atoms with Crippen molar-refractivity contribution in [2.45, 2.75) is 53.6 Å². The quantitative estimate of drug-likeness (QED) is 0.330. The number of carbonyl (C=O) groups is 1. The SMILES string of the molecule is O=C(O)COCC(F)(F)C(F)(F)C(F)(F)C(F)(F)C(F)(F)C(F)(F)C(F)(F)C(F)(F)C(F)(F)F. The summed E-state index contributed by atoms with van der Waals surface area (Å²) in [5, 5.41) is 7.98. The molecule has 0 saturated carbocycles. The molecular formula is C12H5F19O3. The first-order chi connectivity index (χ1) is 14.4. The molecule has 0 saturated heterocycles. The second-order valence-electron chi connectivity index (χ2n) is 6.11. The third-order valence-electron chi connectivity index (χ3n) is 3.69. The van der Waals surface area contributed by atoms with E-state index in [9.17, 15) is 88.2 Å². The summed E-state index contributed by atoms with van der Waals surface area (Å²) in [5.74, 6) is -69.8. The Kier molecular flexibility index (Phi) is 7.88. The van der Waals surface area contributed by atoms with Crippen LogP contribution >= 0.6 is 0 Å². The third kappa shape index (κ3) is 4.29. The second kappa shape index (κ2) is 8.35. The second-order valence-corrected chi connectivity index (χ2v) is 6.11. The van der Waals surface area contributed by atoms with Crippen molar-refractivity contribution in [3.63, 3.8) is 0 Å². The number of carboxylic acids is 1. The summed E-state index contributed by atoms with van der Waals surface area (Å²) in [6.07, 6.45) is -7.94. The molecule has 0 atom stereocenters. The normalized spacial score (nSPS) is 16.1. The standard InChI is InChI=1S/C12H5F19O3/c13-4(14,2-34-1-3(32)33)5(15,16)6(17,18)7(19,20)8(21,22)9(23,24)10(25,26)11(27,28)12(29,30)31/h1-2H2,(H,32,33). The molecule has 0 aromatic carbocycles. The summed E-state index contributed by atoms with van der Waals surface area (Å²) < 4.78 is 250. The smallest absolute Gasteiger partial charge is 0.460 e. The first-order valence-corrected chi connectivity index (χ1v) is 7.30. The minimum atomic E-state index is -9.00. The van der Waals surface area contributed by atoms with E-state index in [-0.39, 0.29) is 0 Å². The molecular weight excluding hydrogens is 553 g/mol. The van der Waals surface area contributed by atoms with Crippen LogP contribution in [0, 0.1) is 0 Å². The van der Waals surface area contributed by atoms with Gasteiger partial charge in [0, 0.05) is 0 Å². The minimum absolute atomic E-state index is 2.05. The molecule has 0 spiro atoms.